The number of nitrogens with one attached hydrogen (secondary N) is 1. The van der Waals surface area contributed by atoms with Gasteiger partial charge in [-0.15, -0.1) is 0 Å². The van der Waals surface area contributed by atoms with Crippen LogP contribution >= 0.6 is 22.6 Å². The van der Waals surface area contributed by atoms with E-state index in [0.717, 1.165) is 48.3 Å². The number of ether oxygens (including phenoxy) is 1. The van der Waals surface area contributed by atoms with Crippen molar-refractivity contribution >= 4 is 34.4 Å². The Bertz CT molecular complexity index is 743. The van der Waals surface area contributed by atoms with E-state index in [1.165, 1.54) is 0 Å². The highest BCUT2D eigenvalue weighted by molar-refractivity contribution is 14.1. The van der Waals surface area contributed by atoms with E-state index in [0.29, 0.717) is 12.2 Å². The normalized spacial score (nSPS) is 25.1. The molecule has 6 heteroatoms. The van der Waals surface area contributed by atoms with Crippen LogP contribution in [0, 0.1) is 5.92 Å². The topological polar surface area (TPSA) is 51.2 Å². The maximum Gasteiger partial charge on any atom is 0.339 e. The van der Waals surface area contributed by atoms with Crippen molar-refractivity contribution in [1.82, 2.24) is 4.98 Å². The van der Waals surface area contributed by atoms with Crippen molar-refractivity contribution in [2.45, 2.75) is 43.2 Å². The zero-order valence-electron chi connectivity index (χ0n) is 14.4. The third-order valence-corrected chi connectivity index (χ3v) is 6.02. The molecule has 2 atom stereocenters. The molecule has 0 radical (unpaired) electrons. The lowest BCUT2D eigenvalue weighted by atomic mass is 9.89. The molecule has 134 valence electrons. The van der Waals surface area contributed by atoms with E-state index in [1.54, 1.807) is 25.3 Å². The fourth-order valence-electron chi connectivity index (χ4n) is 3.25. The van der Waals surface area contributed by atoms with Crippen molar-refractivity contribution in [3.63, 3.8) is 0 Å². The first-order valence-electron chi connectivity index (χ1n) is 8.66. The minimum absolute atomic E-state index is 0.227. The number of anilines is 1. The molecule has 4 nitrogen and oxygen atoms in total. The Morgan fingerprint density at radius 2 is 2.16 bits per heavy atom. The average Bonchev–Trinajstić information content (AvgIpc) is 2.59. The molecule has 2 aliphatic carbocycles. The quantitative estimate of drug-likeness (QED) is 0.404. The number of pyridine rings is 1. The Hall–Kier alpha value is -1.44. The average molecular weight is 456 g/mol. The van der Waals surface area contributed by atoms with Gasteiger partial charge >= 0.3 is 5.97 Å². The highest BCUT2D eigenvalue weighted by Gasteiger charge is 2.31. The lowest BCUT2D eigenvalue weighted by Gasteiger charge is -2.26. The number of carbonyl (C=O) groups excluding carboxylic acids is 1. The van der Waals surface area contributed by atoms with Crippen molar-refractivity contribution in [3.8, 4) is 0 Å². The Morgan fingerprint density at radius 3 is 2.84 bits per heavy atom. The van der Waals surface area contributed by atoms with E-state index in [2.05, 4.69) is 10.3 Å². The SMILES string of the molecule is CCOC(=O)c1cnc(NC2=CC(C)[C@](F)(I)C=C2)c2c1CCCC2. The molecule has 0 spiro atoms. The summed E-state index contributed by atoms with van der Waals surface area (Å²) in [5.74, 6) is 0.220. The molecule has 1 aromatic rings. The van der Waals surface area contributed by atoms with Crippen LogP contribution in [0.25, 0.3) is 0 Å². The van der Waals surface area contributed by atoms with Crippen LogP contribution in [-0.2, 0) is 17.6 Å². The summed E-state index contributed by atoms with van der Waals surface area (Å²) in [5.41, 5.74) is 3.51. The number of aromatic nitrogens is 1. The maximum absolute atomic E-state index is 14.2. The van der Waals surface area contributed by atoms with Crippen LogP contribution in [0.3, 0.4) is 0 Å². The van der Waals surface area contributed by atoms with Crippen molar-refractivity contribution in [3.05, 3.63) is 46.8 Å². The number of carbonyl (C=O) groups is 1. The molecule has 2 aliphatic rings. The van der Waals surface area contributed by atoms with Gasteiger partial charge in [-0.3, -0.25) is 0 Å². The smallest absolute Gasteiger partial charge is 0.339 e. The number of rotatable bonds is 4. The number of nitrogens with zero attached hydrogens (tertiary/aromatic N) is 1. The lowest BCUT2D eigenvalue weighted by Crippen LogP contribution is -2.24. The van der Waals surface area contributed by atoms with Gasteiger partial charge in [0.05, 0.1) is 12.2 Å². The third kappa shape index (κ3) is 3.88. The fourth-order valence-corrected chi connectivity index (χ4v) is 3.61. The zero-order valence-corrected chi connectivity index (χ0v) is 16.6. The standard InChI is InChI=1S/C19H22FIN2O2/c1-3-25-18(24)16-11-22-17(15-7-5-4-6-14(15)16)23-13-8-9-19(20,21)12(2)10-13/h8-12H,3-7H2,1-2H3,(H,22,23)/t12?,19-/m1/s1. The van der Waals surface area contributed by atoms with E-state index >= 15 is 0 Å². The molecule has 3 rings (SSSR count). The minimum atomic E-state index is -1.36. The largest absolute Gasteiger partial charge is 0.462 e. The minimum Gasteiger partial charge on any atom is -0.462 e. The first-order chi connectivity index (χ1) is 11.9. The monoisotopic (exact) mass is 456 g/mol. The molecule has 0 aromatic carbocycles. The molecule has 1 aromatic heterocycles. The lowest BCUT2D eigenvalue weighted by molar-refractivity contribution is 0.0524. The van der Waals surface area contributed by atoms with Crippen molar-refractivity contribution in [2.75, 3.05) is 11.9 Å². The Balaban J connectivity index is 1.91. The van der Waals surface area contributed by atoms with Gasteiger partial charge in [-0.2, -0.15) is 0 Å². The second-order valence-electron chi connectivity index (χ2n) is 6.45. The maximum atomic E-state index is 14.2. The number of hydrogen-bond acceptors (Lipinski definition) is 4. The summed E-state index contributed by atoms with van der Waals surface area (Å²) >= 11 is 1.82. The molecule has 0 saturated carbocycles. The van der Waals surface area contributed by atoms with Gasteiger partial charge in [0.15, 0.2) is 3.68 Å². The molecule has 1 N–H and O–H groups in total. The highest BCUT2D eigenvalue weighted by atomic mass is 127. The van der Waals surface area contributed by atoms with E-state index in [-0.39, 0.29) is 11.9 Å². The predicted octanol–water partition coefficient (Wildman–Crippen LogP) is 4.74. The second-order valence-corrected chi connectivity index (χ2v) is 8.10. The molecular weight excluding hydrogens is 434 g/mol. The Kier molecular flexibility index (Phi) is 5.46. The van der Waals surface area contributed by atoms with Crippen molar-refractivity contribution < 1.29 is 13.9 Å². The number of alkyl halides is 2. The van der Waals surface area contributed by atoms with Crippen molar-refractivity contribution in [2.24, 2.45) is 5.92 Å². The van der Waals surface area contributed by atoms with Gasteiger partial charge in [-0.25, -0.2) is 14.2 Å². The summed E-state index contributed by atoms with van der Waals surface area (Å²) in [6.07, 6.45) is 10.7. The first-order valence-corrected chi connectivity index (χ1v) is 9.74. The van der Waals surface area contributed by atoms with E-state index in [1.807, 2.05) is 35.6 Å². The van der Waals surface area contributed by atoms with Crippen LogP contribution in [0.15, 0.2) is 30.1 Å². The number of hydrogen-bond donors (Lipinski definition) is 1. The first kappa shape index (κ1) is 18.4. The van der Waals surface area contributed by atoms with Crippen LogP contribution in [0.1, 0.15) is 48.2 Å². The number of esters is 1. The van der Waals surface area contributed by atoms with Gasteiger partial charge in [-0.05, 0) is 78.5 Å². The summed E-state index contributed by atoms with van der Waals surface area (Å²) in [6.45, 7) is 4.00. The zero-order chi connectivity index (χ0) is 18.0. The molecule has 1 heterocycles. The summed E-state index contributed by atoms with van der Waals surface area (Å²) in [4.78, 5) is 16.7. The summed E-state index contributed by atoms with van der Waals surface area (Å²) in [6, 6.07) is 0. The summed E-state index contributed by atoms with van der Waals surface area (Å²) < 4.78 is 18.0. The van der Waals surface area contributed by atoms with Gasteiger partial charge in [0.2, 0.25) is 0 Å². The van der Waals surface area contributed by atoms with Crippen LogP contribution in [0.4, 0.5) is 10.2 Å². The molecule has 1 unspecified atom stereocenters. The molecule has 0 fully saturated rings. The summed E-state index contributed by atoms with van der Waals surface area (Å²) in [7, 11) is 0. The molecule has 0 aliphatic heterocycles. The molecule has 0 saturated heterocycles. The number of halogens is 2. The molecule has 0 amide bonds. The highest BCUT2D eigenvalue weighted by Crippen LogP contribution is 2.37. The summed E-state index contributed by atoms with van der Waals surface area (Å²) in [5, 5.41) is 3.32. The van der Waals surface area contributed by atoms with Gasteiger partial charge in [0.1, 0.15) is 5.82 Å². The third-order valence-electron chi connectivity index (χ3n) is 4.68. The van der Waals surface area contributed by atoms with Crippen LogP contribution < -0.4 is 5.32 Å². The molecule has 25 heavy (non-hydrogen) atoms. The number of allylic oxidation sites excluding steroid dienone is 3. The second kappa shape index (κ2) is 7.43. The van der Waals surface area contributed by atoms with E-state index < -0.39 is 3.68 Å². The predicted molar refractivity (Wildman–Crippen MR) is 105 cm³/mol. The van der Waals surface area contributed by atoms with Gasteiger partial charge in [0.25, 0.3) is 0 Å². The van der Waals surface area contributed by atoms with Crippen LogP contribution in [-0.4, -0.2) is 21.2 Å². The van der Waals surface area contributed by atoms with Gasteiger partial charge < -0.3 is 10.1 Å². The van der Waals surface area contributed by atoms with Crippen LogP contribution in [0.5, 0.6) is 0 Å². The van der Waals surface area contributed by atoms with E-state index in [4.69, 9.17) is 4.74 Å². The fraction of sp³-hybridized carbons (Fsp3) is 0.474. The van der Waals surface area contributed by atoms with Crippen molar-refractivity contribution in [1.29, 1.82) is 0 Å². The molecular formula is C19H22FIN2O2. The van der Waals surface area contributed by atoms with Gasteiger partial charge in [-0.1, -0.05) is 13.0 Å². The van der Waals surface area contributed by atoms with E-state index in [9.17, 15) is 9.18 Å². The number of fused-ring (bicyclic) bond motifs is 1. The van der Waals surface area contributed by atoms with Crippen LogP contribution in [0.2, 0.25) is 0 Å². The molecule has 0 bridgehead atoms. The van der Waals surface area contributed by atoms with Gasteiger partial charge in [0, 0.05) is 17.8 Å². The Morgan fingerprint density at radius 1 is 1.44 bits per heavy atom. The Labute approximate surface area is 161 Å².